The van der Waals surface area contributed by atoms with Crippen LogP contribution >= 0.6 is 11.6 Å². The lowest BCUT2D eigenvalue weighted by Gasteiger charge is -2.24. The molecule has 1 N–H and O–H groups in total. The van der Waals surface area contributed by atoms with Gasteiger partial charge in [-0.15, -0.1) is 0 Å². The molecule has 1 aromatic carbocycles. The van der Waals surface area contributed by atoms with E-state index in [0.29, 0.717) is 17.1 Å². The number of hydrogen-bond donors (Lipinski definition) is 1. The third kappa shape index (κ3) is 4.59. The van der Waals surface area contributed by atoms with Gasteiger partial charge in [0.05, 0.1) is 5.56 Å². The third-order valence-electron chi connectivity index (χ3n) is 2.63. The van der Waals surface area contributed by atoms with Crippen LogP contribution in [0.1, 0.15) is 23.7 Å². The summed E-state index contributed by atoms with van der Waals surface area (Å²) >= 11 is 5.81. The molecule has 7 heteroatoms. The fraction of sp³-hybridized carbons (Fsp3) is 0.462. The molecule has 0 aromatic heterocycles. The minimum Gasteiger partial charge on any atom is -0.387 e. The summed E-state index contributed by atoms with van der Waals surface area (Å²) in [7, 11) is 1.59. The average Bonchev–Trinajstić information content (AvgIpc) is 2.36. The van der Waals surface area contributed by atoms with Crippen molar-refractivity contribution >= 4 is 23.2 Å². The fourth-order valence-electron chi connectivity index (χ4n) is 1.82. The highest BCUT2D eigenvalue weighted by atomic mass is 35.5. The smallest absolute Gasteiger partial charge is 0.387 e. The van der Waals surface area contributed by atoms with Gasteiger partial charge in [0.2, 0.25) is 0 Å². The number of rotatable bonds is 5. The van der Waals surface area contributed by atoms with Crippen LogP contribution in [0.4, 0.5) is 18.9 Å². The van der Waals surface area contributed by atoms with E-state index in [1.807, 2.05) is 0 Å². The molecule has 3 nitrogen and oxygen atoms in total. The molecule has 0 saturated carbocycles. The minimum absolute atomic E-state index is 0.0357. The van der Waals surface area contributed by atoms with Crippen molar-refractivity contribution < 1.29 is 18.0 Å². The Bertz CT molecular complexity index is 477. The summed E-state index contributed by atoms with van der Waals surface area (Å²) in [6.07, 6.45) is -3.99. The van der Waals surface area contributed by atoms with E-state index in [1.165, 1.54) is 6.07 Å². The van der Waals surface area contributed by atoms with Crippen molar-refractivity contribution in [2.45, 2.75) is 19.5 Å². The molecule has 0 aliphatic carbocycles. The first-order valence-corrected chi connectivity index (χ1v) is 6.49. The maximum atomic E-state index is 12.5. The van der Waals surface area contributed by atoms with Gasteiger partial charge in [0, 0.05) is 24.3 Å². The Hall–Kier alpha value is -1.43. The second kappa shape index (κ2) is 6.83. The van der Waals surface area contributed by atoms with Gasteiger partial charge in [-0.2, -0.15) is 13.2 Å². The molecule has 0 bridgehead atoms. The molecule has 0 spiro atoms. The summed E-state index contributed by atoms with van der Waals surface area (Å²) in [5.41, 5.74) is 0.584. The Balaban J connectivity index is 3.08. The number of alkyl halides is 3. The summed E-state index contributed by atoms with van der Waals surface area (Å²) < 4.78 is 37.6. The van der Waals surface area contributed by atoms with Gasteiger partial charge in [-0.3, -0.25) is 4.79 Å². The van der Waals surface area contributed by atoms with Crippen LogP contribution < -0.4 is 5.32 Å². The standard InChI is InChI=1S/C13H16ClF3N2O/c1-3-6-19(8-13(15,16)17)12(20)10-7-9(14)4-5-11(10)18-2/h4-5,7,18H,3,6,8H2,1-2H3. The molecule has 0 unspecified atom stereocenters. The Morgan fingerprint density at radius 3 is 2.55 bits per heavy atom. The Morgan fingerprint density at radius 2 is 2.05 bits per heavy atom. The Labute approximate surface area is 120 Å². The Kier molecular flexibility index (Phi) is 5.68. The molecule has 20 heavy (non-hydrogen) atoms. The van der Waals surface area contributed by atoms with Gasteiger partial charge in [0.25, 0.3) is 5.91 Å². The molecule has 0 aliphatic heterocycles. The molecule has 0 heterocycles. The first-order valence-electron chi connectivity index (χ1n) is 6.11. The van der Waals surface area contributed by atoms with Crippen LogP contribution in [0.2, 0.25) is 5.02 Å². The molecule has 0 aliphatic rings. The van der Waals surface area contributed by atoms with Gasteiger partial charge in [-0.25, -0.2) is 0 Å². The van der Waals surface area contributed by atoms with Crippen molar-refractivity contribution in [1.82, 2.24) is 4.90 Å². The molecular formula is C13H16ClF3N2O. The summed E-state index contributed by atoms with van der Waals surface area (Å²) in [4.78, 5) is 13.1. The normalized spacial score (nSPS) is 11.3. The number of amides is 1. The molecule has 1 rings (SSSR count). The van der Waals surface area contributed by atoms with Gasteiger partial charge in [-0.05, 0) is 24.6 Å². The molecule has 1 amide bonds. The Morgan fingerprint density at radius 1 is 1.40 bits per heavy atom. The summed E-state index contributed by atoms with van der Waals surface area (Å²) in [6, 6.07) is 4.50. The number of benzene rings is 1. The minimum atomic E-state index is -4.43. The second-order valence-corrected chi connectivity index (χ2v) is 4.72. The number of anilines is 1. The predicted molar refractivity (Wildman–Crippen MR) is 73.2 cm³/mol. The van der Waals surface area contributed by atoms with Gasteiger partial charge >= 0.3 is 6.18 Å². The monoisotopic (exact) mass is 308 g/mol. The largest absolute Gasteiger partial charge is 0.406 e. The van der Waals surface area contributed by atoms with E-state index in [4.69, 9.17) is 11.6 Å². The van der Waals surface area contributed by atoms with Crippen LogP contribution in [-0.2, 0) is 0 Å². The first-order chi connectivity index (χ1) is 9.28. The quantitative estimate of drug-likeness (QED) is 0.897. The number of nitrogens with zero attached hydrogens (tertiary/aromatic N) is 1. The lowest BCUT2D eigenvalue weighted by atomic mass is 10.1. The first kappa shape index (κ1) is 16.6. The van der Waals surface area contributed by atoms with E-state index in [1.54, 1.807) is 26.1 Å². The summed E-state index contributed by atoms with van der Waals surface area (Å²) in [5, 5.41) is 3.08. The summed E-state index contributed by atoms with van der Waals surface area (Å²) in [6.45, 7) is 0.483. The topological polar surface area (TPSA) is 32.3 Å². The number of hydrogen-bond acceptors (Lipinski definition) is 2. The molecule has 1 aromatic rings. The van der Waals surface area contributed by atoms with Crippen molar-refractivity contribution in [3.63, 3.8) is 0 Å². The van der Waals surface area contributed by atoms with Crippen molar-refractivity contribution in [2.24, 2.45) is 0 Å². The van der Waals surface area contributed by atoms with Crippen LogP contribution in [0.3, 0.4) is 0 Å². The van der Waals surface area contributed by atoms with Crippen molar-refractivity contribution in [2.75, 3.05) is 25.5 Å². The van der Waals surface area contributed by atoms with Gasteiger partial charge in [-0.1, -0.05) is 18.5 Å². The van der Waals surface area contributed by atoms with Gasteiger partial charge in [0.15, 0.2) is 0 Å². The molecular weight excluding hydrogens is 293 g/mol. The van der Waals surface area contributed by atoms with E-state index in [-0.39, 0.29) is 12.1 Å². The van der Waals surface area contributed by atoms with E-state index in [2.05, 4.69) is 5.32 Å². The zero-order valence-corrected chi connectivity index (χ0v) is 12.0. The molecule has 0 atom stereocenters. The highest BCUT2D eigenvalue weighted by Gasteiger charge is 2.33. The molecule has 0 saturated heterocycles. The SMILES string of the molecule is CCCN(CC(F)(F)F)C(=O)c1cc(Cl)ccc1NC. The van der Waals surface area contributed by atoms with Crippen LogP contribution in [0.25, 0.3) is 0 Å². The van der Waals surface area contributed by atoms with Crippen molar-refractivity contribution in [3.8, 4) is 0 Å². The van der Waals surface area contributed by atoms with Crippen LogP contribution in [0.5, 0.6) is 0 Å². The van der Waals surface area contributed by atoms with Crippen LogP contribution in [0, 0.1) is 0 Å². The van der Waals surface area contributed by atoms with E-state index in [0.717, 1.165) is 4.90 Å². The van der Waals surface area contributed by atoms with Crippen molar-refractivity contribution in [3.05, 3.63) is 28.8 Å². The number of carbonyl (C=O) groups is 1. The number of carbonyl (C=O) groups excluding carboxylic acids is 1. The van der Waals surface area contributed by atoms with E-state index in [9.17, 15) is 18.0 Å². The third-order valence-corrected chi connectivity index (χ3v) is 2.87. The summed E-state index contributed by atoms with van der Waals surface area (Å²) in [5.74, 6) is -0.684. The lowest BCUT2D eigenvalue weighted by Crippen LogP contribution is -2.39. The number of halogens is 4. The zero-order valence-electron chi connectivity index (χ0n) is 11.2. The fourth-order valence-corrected chi connectivity index (χ4v) is 1.99. The van der Waals surface area contributed by atoms with Crippen molar-refractivity contribution in [1.29, 1.82) is 0 Å². The second-order valence-electron chi connectivity index (χ2n) is 4.28. The maximum absolute atomic E-state index is 12.5. The maximum Gasteiger partial charge on any atom is 0.406 e. The molecule has 0 radical (unpaired) electrons. The van der Waals surface area contributed by atoms with Crippen LogP contribution in [0.15, 0.2) is 18.2 Å². The van der Waals surface area contributed by atoms with E-state index >= 15 is 0 Å². The van der Waals surface area contributed by atoms with E-state index < -0.39 is 18.6 Å². The highest BCUT2D eigenvalue weighted by Crippen LogP contribution is 2.24. The highest BCUT2D eigenvalue weighted by molar-refractivity contribution is 6.31. The molecule has 112 valence electrons. The van der Waals surface area contributed by atoms with Crippen LogP contribution in [-0.4, -0.2) is 37.1 Å². The predicted octanol–water partition coefficient (Wildman–Crippen LogP) is 3.80. The van der Waals surface area contributed by atoms with Gasteiger partial charge in [0.1, 0.15) is 6.54 Å². The van der Waals surface area contributed by atoms with Gasteiger partial charge < -0.3 is 10.2 Å². The number of nitrogens with one attached hydrogen (secondary N) is 1. The lowest BCUT2D eigenvalue weighted by molar-refractivity contribution is -0.140. The average molecular weight is 309 g/mol. The molecule has 0 fully saturated rings. The zero-order chi connectivity index (χ0) is 15.3.